The summed E-state index contributed by atoms with van der Waals surface area (Å²) in [7, 11) is 0. The zero-order chi connectivity index (χ0) is 13.8. The SMILES string of the molecule is CC(C)(C)C(=O)C=CNc1ccccc1C(N)=O. The molecule has 0 saturated heterocycles. The molecule has 0 aromatic heterocycles. The van der Waals surface area contributed by atoms with Crippen molar-refractivity contribution < 1.29 is 9.59 Å². The van der Waals surface area contributed by atoms with Crippen molar-refractivity contribution >= 4 is 17.4 Å². The topological polar surface area (TPSA) is 72.2 Å². The predicted molar refractivity (Wildman–Crippen MR) is 72.2 cm³/mol. The Hall–Kier alpha value is -2.10. The van der Waals surface area contributed by atoms with Crippen molar-refractivity contribution in [3.63, 3.8) is 0 Å². The van der Waals surface area contributed by atoms with Crippen LogP contribution in [-0.2, 0) is 4.79 Å². The smallest absolute Gasteiger partial charge is 0.250 e. The lowest BCUT2D eigenvalue weighted by atomic mass is 9.91. The number of amides is 1. The normalized spacial score (nSPS) is 11.5. The van der Waals surface area contributed by atoms with E-state index in [0.717, 1.165) is 0 Å². The fraction of sp³-hybridized carbons (Fsp3) is 0.286. The lowest BCUT2D eigenvalue weighted by Crippen LogP contribution is -2.17. The summed E-state index contributed by atoms with van der Waals surface area (Å²) in [5.41, 5.74) is 5.81. The van der Waals surface area contributed by atoms with Gasteiger partial charge in [0.2, 0.25) is 0 Å². The number of para-hydroxylation sites is 1. The van der Waals surface area contributed by atoms with Gasteiger partial charge in [0, 0.05) is 11.6 Å². The van der Waals surface area contributed by atoms with Crippen LogP contribution in [0.5, 0.6) is 0 Å². The molecule has 4 nitrogen and oxygen atoms in total. The number of hydrogen-bond donors (Lipinski definition) is 2. The van der Waals surface area contributed by atoms with Gasteiger partial charge >= 0.3 is 0 Å². The van der Waals surface area contributed by atoms with E-state index in [9.17, 15) is 9.59 Å². The molecule has 1 rings (SSSR count). The number of benzene rings is 1. The van der Waals surface area contributed by atoms with Crippen LogP contribution in [0.1, 0.15) is 31.1 Å². The van der Waals surface area contributed by atoms with Crippen molar-refractivity contribution in [2.24, 2.45) is 11.1 Å². The van der Waals surface area contributed by atoms with Gasteiger partial charge in [-0.25, -0.2) is 0 Å². The second kappa shape index (κ2) is 5.49. The summed E-state index contributed by atoms with van der Waals surface area (Å²) in [5, 5.41) is 2.90. The fourth-order valence-electron chi connectivity index (χ4n) is 1.28. The number of hydrogen-bond acceptors (Lipinski definition) is 3. The molecule has 0 aliphatic carbocycles. The molecule has 0 unspecified atom stereocenters. The minimum Gasteiger partial charge on any atom is -0.366 e. The van der Waals surface area contributed by atoms with Gasteiger partial charge in [0.25, 0.3) is 5.91 Å². The molecule has 0 atom stereocenters. The Bertz CT molecular complexity index is 485. The van der Waals surface area contributed by atoms with Gasteiger partial charge in [0.1, 0.15) is 0 Å². The summed E-state index contributed by atoms with van der Waals surface area (Å²) < 4.78 is 0. The van der Waals surface area contributed by atoms with E-state index in [0.29, 0.717) is 11.3 Å². The van der Waals surface area contributed by atoms with Crippen LogP contribution in [0, 0.1) is 5.41 Å². The van der Waals surface area contributed by atoms with E-state index in [1.54, 1.807) is 24.3 Å². The fourth-order valence-corrected chi connectivity index (χ4v) is 1.28. The quantitative estimate of drug-likeness (QED) is 0.801. The summed E-state index contributed by atoms with van der Waals surface area (Å²) in [6.45, 7) is 5.53. The number of rotatable bonds is 4. The molecule has 1 aromatic rings. The molecule has 0 bridgehead atoms. The van der Waals surface area contributed by atoms with Crippen molar-refractivity contribution in [1.82, 2.24) is 0 Å². The van der Waals surface area contributed by atoms with E-state index < -0.39 is 11.3 Å². The van der Waals surface area contributed by atoms with Gasteiger partial charge < -0.3 is 11.1 Å². The molecule has 0 saturated carbocycles. The first-order valence-corrected chi connectivity index (χ1v) is 5.68. The number of anilines is 1. The van der Waals surface area contributed by atoms with Crippen molar-refractivity contribution in [3.8, 4) is 0 Å². The Kier molecular flexibility index (Phi) is 4.26. The highest BCUT2D eigenvalue weighted by molar-refractivity contribution is 5.99. The molecule has 0 fully saturated rings. The van der Waals surface area contributed by atoms with Crippen molar-refractivity contribution in [3.05, 3.63) is 42.1 Å². The monoisotopic (exact) mass is 246 g/mol. The van der Waals surface area contributed by atoms with Crippen LogP contribution in [0.15, 0.2) is 36.5 Å². The highest BCUT2D eigenvalue weighted by Gasteiger charge is 2.17. The first-order chi connectivity index (χ1) is 8.32. The molecule has 1 aromatic carbocycles. The van der Waals surface area contributed by atoms with E-state index >= 15 is 0 Å². The number of nitrogens with two attached hydrogens (primary N) is 1. The Morgan fingerprint density at radius 1 is 1.22 bits per heavy atom. The van der Waals surface area contributed by atoms with Gasteiger partial charge in [-0.2, -0.15) is 0 Å². The third-order valence-electron chi connectivity index (χ3n) is 2.41. The first-order valence-electron chi connectivity index (χ1n) is 5.68. The van der Waals surface area contributed by atoms with Gasteiger partial charge in [0.15, 0.2) is 5.78 Å². The standard InChI is InChI=1S/C14H18N2O2/c1-14(2,3)12(17)8-9-16-11-7-5-4-6-10(11)13(15)18/h4-9,16H,1-3H3,(H2,15,18). The van der Waals surface area contributed by atoms with Crippen molar-refractivity contribution in [1.29, 1.82) is 0 Å². The van der Waals surface area contributed by atoms with Gasteiger partial charge in [-0.15, -0.1) is 0 Å². The Labute approximate surface area is 107 Å². The average molecular weight is 246 g/mol. The second-order valence-electron chi connectivity index (χ2n) is 5.00. The summed E-state index contributed by atoms with van der Waals surface area (Å²) in [5.74, 6) is -0.500. The Balaban J connectivity index is 2.79. The summed E-state index contributed by atoms with van der Waals surface area (Å²) in [6, 6.07) is 6.87. The number of carbonyl (C=O) groups excluding carboxylic acids is 2. The molecule has 0 radical (unpaired) electrons. The molecule has 4 heteroatoms. The molecule has 3 N–H and O–H groups in total. The van der Waals surface area contributed by atoms with Gasteiger partial charge in [0.05, 0.1) is 11.3 Å². The maximum Gasteiger partial charge on any atom is 0.250 e. The van der Waals surface area contributed by atoms with E-state index in [4.69, 9.17) is 5.73 Å². The zero-order valence-electron chi connectivity index (χ0n) is 10.9. The number of ketones is 1. The molecule has 0 aliphatic heterocycles. The van der Waals surface area contributed by atoms with Crippen LogP contribution in [0.3, 0.4) is 0 Å². The maximum absolute atomic E-state index is 11.7. The highest BCUT2D eigenvalue weighted by atomic mass is 16.1. The molecule has 96 valence electrons. The average Bonchev–Trinajstić information content (AvgIpc) is 2.28. The van der Waals surface area contributed by atoms with Crippen LogP contribution in [0.25, 0.3) is 0 Å². The third kappa shape index (κ3) is 3.73. The zero-order valence-corrected chi connectivity index (χ0v) is 10.9. The number of allylic oxidation sites excluding steroid dienone is 1. The van der Waals surface area contributed by atoms with Crippen LogP contribution in [0.2, 0.25) is 0 Å². The largest absolute Gasteiger partial charge is 0.366 e. The summed E-state index contributed by atoms with van der Waals surface area (Å²) in [4.78, 5) is 22.8. The lowest BCUT2D eigenvalue weighted by molar-refractivity contribution is -0.121. The molecule has 0 aliphatic rings. The summed E-state index contributed by atoms with van der Waals surface area (Å²) in [6.07, 6.45) is 2.98. The van der Waals surface area contributed by atoms with Gasteiger partial charge in [-0.05, 0) is 18.2 Å². The van der Waals surface area contributed by atoms with E-state index in [1.165, 1.54) is 12.3 Å². The van der Waals surface area contributed by atoms with Crippen LogP contribution < -0.4 is 11.1 Å². The molecular formula is C14H18N2O2. The maximum atomic E-state index is 11.7. The molecule has 0 spiro atoms. The van der Waals surface area contributed by atoms with Crippen LogP contribution in [-0.4, -0.2) is 11.7 Å². The number of carbonyl (C=O) groups is 2. The van der Waals surface area contributed by atoms with Crippen LogP contribution >= 0.6 is 0 Å². The number of primary amides is 1. The Morgan fingerprint density at radius 3 is 2.39 bits per heavy atom. The van der Waals surface area contributed by atoms with Crippen molar-refractivity contribution in [2.75, 3.05) is 5.32 Å². The highest BCUT2D eigenvalue weighted by Crippen LogP contribution is 2.16. The minimum atomic E-state index is -0.506. The molecule has 1 amide bonds. The first kappa shape index (κ1) is 14.0. The van der Waals surface area contributed by atoms with Gasteiger partial charge in [-0.1, -0.05) is 32.9 Å². The van der Waals surface area contributed by atoms with Crippen molar-refractivity contribution in [2.45, 2.75) is 20.8 Å². The summed E-state index contributed by atoms with van der Waals surface area (Å²) >= 11 is 0. The second-order valence-corrected chi connectivity index (χ2v) is 5.00. The van der Waals surface area contributed by atoms with Gasteiger partial charge in [-0.3, -0.25) is 9.59 Å². The molecule has 0 heterocycles. The Morgan fingerprint density at radius 2 is 1.83 bits per heavy atom. The van der Waals surface area contributed by atoms with E-state index in [-0.39, 0.29) is 5.78 Å². The van der Waals surface area contributed by atoms with E-state index in [2.05, 4.69) is 5.32 Å². The minimum absolute atomic E-state index is 0.00607. The van der Waals surface area contributed by atoms with E-state index in [1.807, 2.05) is 20.8 Å². The molecular weight excluding hydrogens is 228 g/mol. The predicted octanol–water partition coefficient (Wildman–Crippen LogP) is 2.33. The third-order valence-corrected chi connectivity index (χ3v) is 2.41. The van der Waals surface area contributed by atoms with Crippen LogP contribution in [0.4, 0.5) is 5.69 Å². The lowest BCUT2D eigenvalue weighted by Gasteiger charge is -2.13. The number of nitrogens with one attached hydrogen (secondary N) is 1. The molecule has 18 heavy (non-hydrogen) atoms.